The topological polar surface area (TPSA) is 50.1 Å². The minimum absolute atomic E-state index is 0.0591. The van der Waals surface area contributed by atoms with E-state index in [0.29, 0.717) is 23.7 Å². The Morgan fingerprint density at radius 1 is 1.12 bits per heavy atom. The predicted molar refractivity (Wildman–Crippen MR) is 132 cm³/mol. The van der Waals surface area contributed by atoms with Crippen LogP contribution in [-0.2, 0) is 6.54 Å². The van der Waals surface area contributed by atoms with Crippen molar-refractivity contribution < 1.29 is 9.53 Å². The monoisotopic (exact) mass is 480 g/mol. The van der Waals surface area contributed by atoms with Crippen LogP contribution in [0.3, 0.4) is 0 Å². The van der Waals surface area contributed by atoms with Gasteiger partial charge in [-0.05, 0) is 43.3 Å². The number of aryl methyl sites for hydroxylation is 1. The first kappa shape index (κ1) is 21.9. The molecule has 170 valence electrons. The first-order valence-corrected chi connectivity index (χ1v) is 12.2. The van der Waals surface area contributed by atoms with Crippen LogP contribution in [0.25, 0.3) is 16.2 Å². The van der Waals surface area contributed by atoms with E-state index < -0.39 is 0 Å². The van der Waals surface area contributed by atoms with E-state index in [-0.39, 0.29) is 5.91 Å². The number of rotatable bonds is 5. The summed E-state index contributed by atoms with van der Waals surface area (Å²) in [7, 11) is 1.68. The summed E-state index contributed by atoms with van der Waals surface area (Å²) >= 11 is 7.62. The normalized spacial score (nSPS) is 14.7. The zero-order valence-electron chi connectivity index (χ0n) is 18.6. The van der Waals surface area contributed by atoms with Crippen molar-refractivity contribution in [3.8, 4) is 17.0 Å². The fourth-order valence-corrected chi connectivity index (χ4v) is 5.32. The zero-order valence-corrected chi connectivity index (χ0v) is 20.2. The van der Waals surface area contributed by atoms with Gasteiger partial charge in [0.05, 0.1) is 18.5 Å². The molecule has 33 heavy (non-hydrogen) atoms. The van der Waals surface area contributed by atoms with Crippen LogP contribution in [0.15, 0.2) is 53.9 Å². The molecule has 0 N–H and O–H groups in total. The number of benzene rings is 2. The third-order valence-electron chi connectivity index (χ3n) is 6.10. The highest BCUT2D eigenvalue weighted by molar-refractivity contribution is 7.15. The van der Waals surface area contributed by atoms with Crippen LogP contribution in [0.2, 0.25) is 5.02 Å². The SMILES string of the molecule is COc1cccc(-c2nc3scc(C)n3c2CN2CCN(C(=O)c3ccc(Cl)cc3)CC2)c1. The predicted octanol–water partition coefficient (Wildman–Crippen LogP) is 4.99. The second-order valence-electron chi connectivity index (χ2n) is 8.21. The lowest BCUT2D eigenvalue weighted by molar-refractivity contribution is 0.0627. The first-order valence-electron chi connectivity index (χ1n) is 10.9. The summed E-state index contributed by atoms with van der Waals surface area (Å²) in [6, 6.07) is 15.2. The average molecular weight is 481 g/mol. The molecule has 1 fully saturated rings. The van der Waals surface area contributed by atoms with E-state index in [1.807, 2.05) is 23.1 Å². The molecule has 0 unspecified atom stereocenters. The number of nitrogens with zero attached hydrogens (tertiary/aromatic N) is 4. The van der Waals surface area contributed by atoms with Gasteiger partial charge in [-0.15, -0.1) is 11.3 Å². The van der Waals surface area contributed by atoms with Crippen LogP contribution in [0.4, 0.5) is 0 Å². The van der Waals surface area contributed by atoms with Gasteiger partial charge in [0.15, 0.2) is 4.96 Å². The van der Waals surface area contributed by atoms with Crippen molar-refractivity contribution in [1.82, 2.24) is 19.2 Å². The fraction of sp³-hybridized carbons (Fsp3) is 0.280. The van der Waals surface area contributed by atoms with Crippen LogP contribution in [0.1, 0.15) is 21.7 Å². The lowest BCUT2D eigenvalue weighted by Crippen LogP contribution is -2.48. The van der Waals surface area contributed by atoms with Gasteiger partial charge in [0.1, 0.15) is 5.75 Å². The molecule has 0 atom stereocenters. The average Bonchev–Trinajstić information content (AvgIpc) is 3.39. The number of hydrogen-bond donors (Lipinski definition) is 0. The quantitative estimate of drug-likeness (QED) is 0.403. The summed E-state index contributed by atoms with van der Waals surface area (Å²) in [6.45, 7) is 5.91. The fourth-order valence-electron chi connectivity index (χ4n) is 4.31. The van der Waals surface area contributed by atoms with Crippen molar-refractivity contribution >= 4 is 33.8 Å². The van der Waals surface area contributed by atoms with Gasteiger partial charge < -0.3 is 9.64 Å². The van der Waals surface area contributed by atoms with Gasteiger partial charge >= 0.3 is 0 Å². The van der Waals surface area contributed by atoms with E-state index in [1.54, 1.807) is 42.7 Å². The van der Waals surface area contributed by atoms with E-state index >= 15 is 0 Å². The minimum Gasteiger partial charge on any atom is -0.497 e. The summed E-state index contributed by atoms with van der Waals surface area (Å²) in [5, 5.41) is 2.78. The van der Waals surface area contributed by atoms with Crippen LogP contribution in [-0.4, -0.2) is 58.4 Å². The molecule has 0 spiro atoms. The van der Waals surface area contributed by atoms with Crippen LogP contribution in [0, 0.1) is 6.92 Å². The molecule has 5 rings (SSSR count). The minimum atomic E-state index is 0.0591. The standard InChI is InChI=1S/C25H25ClN4O2S/c1-17-16-33-25-27-23(19-4-3-5-21(14-19)32-2)22(30(17)25)15-28-10-12-29(13-11-28)24(31)18-6-8-20(26)9-7-18/h3-9,14,16H,10-13,15H2,1-2H3. The van der Waals surface area contributed by atoms with Gasteiger partial charge in [-0.1, -0.05) is 23.7 Å². The van der Waals surface area contributed by atoms with Gasteiger partial charge in [0.2, 0.25) is 0 Å². The van der Waals surface area contributed by atoms with Gasteiger partial charge in [-0.2, -0.15) is 0 Å². The molecule has 0 aliphatic carbocycles. The molecular weight excluding hydrogens is 456 g/mol. The highest BCUT2D eigenvalue weighted by atomic mass is 35.5. The number of methoxy groups -OCH3 is 1. The van der Waals surface area contributed by atoms with Crippen LogP contribution in [0.5, 0.6) is 5.75 Å². The summed E-state index contributed by atoms with van der Waals surface area (Å²) in [4.78, 5) is 23.1. The molecule has 0 bridgehead atoms. The maximum absolute atomic E-state index is 12.9. The Morgan fingerprint density at radius 3 is 2.61 bits per heavy atom. The van der Waals surface area contributed by atoms with Crippen molar-refractivity contribution in [2.75, 3.05) is 33.3 Å². The van der Waals surface area contributed by atoms with Crippen molar-refractivity contribution in [2.45, 2.75) is 13.5 Å². The highest BCUT2D eigenvalue weighted by Gasteiger charge is 2.25. The summed E-state index contributed by atoms with van der Waals surface area (Å²) in [5.41, 5.74) is 5.08. The molecule has 4 aromatic rings. The Balaban J connectivity index is 1.36. The Morgan fingerprint density at radius 2 is 1.88 bits per heavy atom. The lowest BCUT2D eigenvalue weighted by Gasteiger charge is -2.34. The van der Waals surface area contributed by atoms with Crippen molar-refractivity contribution in [1.29, 1.82) is 0 Å². The largest absolute Gasteiger partial charge is 0.497 e. The number of hydrogen-bond acceptors (Lipinski definition) is 5. The highest BCUT2D eigenvalue weighted by Crippen LogP contribution is 2.31. The molecule has 1 aliphatic heterocycles. The van der Waals surface area contributed by atoms with E-state index in [4.69, 9.17) is 21.3 Å². The number of imidazole rings is 1. The van der Waals surface area contributed by atoms with Crippen LogP contribution >= 0.6 is 22.9 Å². The number of carbonyl (C=O) groups excluding carboxylic acids is 1. The molecule has 3 heterocycles. The number of carbonyl (C=O) groups is 1. The Hall–Kier alpha value is -2.87. The summed E-state index contributed by atoms with van der Waals surface area (Å²) < 4.78 is 7.69. The molecule has 6 nitrogen and oxygen atoms in total. The van der Waals surface area contributed by atoms with E-state index in [9.17, 15) is 4.79 Å². The Kier molecular flexibility index (Phi) is 6.10. The maximum atomic E-state index is 12.9. The number of amides is 1. The second kappa shape index (κ2) is 9.17. The number of thiazole rings is 1. The summed E-state index contributed by atoms with van der Waals surface area (Å²) in [6.07, 6.45) is 0. The number of ether oxygens (including phenoxy) is 1. The third-order valence-corrected chi connectivity index (χ3v) is 7.29. The zero-order chi connectivity index (χ0) is 22.9. The maximum Gasteiger partial charge on any atom is 0.253 e. The molecule has 1 amide bonds. The third kappa shape index (κ3) is 4.36. The first-order chi connectivity index (χ1) is 16.0. The van der Waals surface area contributed by atoms with Crippen molar-refractivity contribution in [2.24, 2.45) is 0 Å². The lowest BCUT2D eigenvalue weighted by atomic mass is 10.1. The second-order valence-corrected chi connectivity index (χ2v) is 9.48. The van der Waals surface area contributed by atoms with Gasteiger partial charge in [-0.3, -0.25) is 14.1 Å². The van der Waals surface area contributed by atoms with E-state index in [1.165, 1.54) is 11.4 Å². The van der Waals surface area contributed by atoms with Crippen molar-refractivity contribution in [3.63, 3.8) is 0 Å². The molecule has 0 radical (unpaired) electrons. The number of aromatic nitrogens is 2. The molecule has 2 aromatic carbocycles. The smallest absolute Gasteiger partial charge is 0.253 e. The molecule has 1 aliphatic rings. The number of piperazine rings is 1. The van der Waals surface area contributed by atoms with Crippen molar-refractivity contribution in [3.05, 3.63) is 75.9 Å². The molecular formula is C25H25ClN4O2S. The number of fused-ring (bicyclic) bond motifs is 1. The molecule has 1 saturated heterocycles. The molecule has 0 saturated carbocycles. The van der Waals surface area contributed by atoms with E-state index in [0.717, 1.165) is 41.6 Å². The molecule has 2 aromatic heterocycles. The molecule has 8 heteroatoms. The van der Waals surface area contributed by atoms with Gasteiger partial charge in [0.25, 0.3) is 5.91 Å². The van der Waals surface area contributed by atoms with Gasteiger partial charge in [0, 0.05) is 59.9 Å². The van der Waals surface area contributed by atoms with E-state index in [2.05, 4.69) is 27.7 Å². The summed E-state index contributed by atoms with van der Waals surface area (Å²) in [5.74, 6) is 0.879. The van der Waals surface area contributed by atoms with Gasteiger partial charge in [-0.25, -0.2) is 4.98 Å². The number of halogens is 1. The van der Waals surface area contributed by atoms with Crippen LogP contribution < -0.4 is 4.74 Å². The Bertz CT molecular complexity index is 1290. The Labute approximate surface area is 202 Å².